The van der Waals surface area contributed by atoms with Crippen molar-refractivity contribution in [1.82, 2.24) is 0 Å². The molecule has 0 aliphatic heterocycles. The van der Waals surface area contributed by atoms with Crippen molar-refractivity contribution in [3.63, 3.8) is 0 Å². The van der Waals surface area contributed by atoms with Crippen molar-refractivity contribution in [3.05, 3.63) is 140 Å². The van der Waals surface area contributed by atoms with Crippen LogP contribution in [0.25, 0.3) is 32.7 Å². The highest BCUT2D eigenvalue weighted by atomic mass is 15.1. The van der Waals surface area contributed by atoms with Gasteiger partial charge in [0.05, 0.1) is 5.69 Å². The van der Waals surface area contributed by atoms with Crippen molar-refractivity contribution in [2.45, 2.75) is 0 Å². The van der Waals surface area contributed by atoms with Crippen LogP contribution in [-0.4, -0.2) is 0 Å². The number of nitrogens with zero attached hydrogens (tertiary/aromatic N) is 1. The predicted octanol–water partition coefficient (Wildman–Crippen LogP) is 9.13. The number of hydrogen-bond donors (Lipinski definition) is 0. The van der Waals surface area contributed by atoms with Gasteiger partial charge in [-0.15, -0.1) is 0 Å². The summed E-state index contributed by atoms with van der Waals surface area (Å²) in [6, 6.07) is 49.7. The lowest BCUT2D eigenvalue weighted by atomic mass is 9.93. The van der Waals surface area contributed by atoms with Crippen molar-refractivity contribution < 1.29 is 0 Å². The molecule has 6 aromatic rings. The van der Waals surface area contributed by atoms with Crippen LogP contribution in [0.4, 0.5) is 17.1 Å². The van der Waals surface area contributed by atoms with E-state index >= 15 is 0 Å². The summed E-state index contributed by atoms with van der Waals surface area (Å²) in [5, 5.41) is 4.98. The summed E-state index contributed by atoms with van der Waals surface area (Å²) >= 11 is 0. The van der Waals surface area contributed by atoms with E-state index in [1.165, 1.54) is 38.4 Å². The molecule has 0 heterocycles. The number of fused-ring (bicyclic) bond motifs is 2. The maximum absolute atomic E-state index is 2.36. The van der Waals surface area contributed by atoms with Crippen LogP contribution in [0.2, 0.25) is 0 Å². The van der Waals surface area contributed by atoms with Gasteiger partial charge in [0.25, 0.3) is 0 Å². The van der Waals surface area contributed by atoms with Gasteiger partial charge >= 0.3 is 0 Å². The first-order chi connectivity index (χ1) is 16.4. The minimum Gasteiger partial charge on any atom is -0.310 e. The van der Waals surface area contributed by atoms with Crippen LogP contribution < -0.4 is 4.90 Å². The second-order valence-corrected chi connectivity index (χ2v) is 8.25. The molecule has 0 radical (unpaired) electrons. The van der Waals surface area contributed by atoms with Gasteiger partial charge in [-0.05, 0) is 63.5 Å². The molecular formula is C32H23N. The molecule has 0 spiro atoms. The molecule has 0 fully saturated rings. The number of hydrogen-bond acceptors (Lipinski definition) is 1. The fourth-order valence-corrected chi connectivity index (χ4v) is 4.67. The van der Waals surface area contributed by atoms with Crippen LogP contribution in [-0.2, 0) is 0 Å². The van der Waals surface area contributed by atoms with E-state index in [1.807, 2.05) is 0 Å². The molecular weight excluding hydrogens is 398 g/mol. The van der Waals surface area contributed by atoms with Crippen LogP contribution in [0.5, 0.6) is 0 Å². The molecule has 0 bridgehead atoms. The summed E-state index contributed by atoms with van der Waals surface area (Å²) in [6.45, 7) is 0. The second kappa shape index (κ2) is 8.29. The molecule has 0 saturated heterocycles. The lowest BCUT2D eigenvalue weighted by Crippen LogP contribution is -2.11. The molecule has 0 N–H and O–H groups in total. The highest BCUT2D eigenvalue weighted by Gasteiger charge is 2.19. The predicted molar refractivity (Wildman–Crippen MR) is 142 cm³/mol. The summed E-state index contributed by atoms with van der Waals surface area (Å²) < 4.78 is 0. The quantitative estimate of drug-likeness (QED) is 0.274. The molecule has 0 unspecified atom stereocenters. The van der Waals surface area contributed by atoms with Gasteiger partial charge in [0, 0.05) is 16.9 Å². The Morgan fingerprint density at radius 2 is 0.879 bits per heavy atom. The minimum absolute atomic E-state index is 1.14. The summed E-state index contributed by atoms with van der Waals surface area (Å²) in [4.78, 5) is 2.36. The van der Waals surface area contributed by atoms with E-state index in [0.717, 1.165) is 11.4 Å². The molecule has 156 valence electrons. The zero-order valence-electron chi connectivity index (χ0n) is 18.2. The fraction of sp³-hybridized carbons (Fsp3) is 0. The molecule has 0 aliphatic carbocycles. The Morgan fingerprint density at radius 3 is 1.55 bits per heavy atom. The highest BCUT2D eigenvalue weighted by molar-refractivity contribution is 6.05. The maximum Gasteiger partial charge on any atom is 0.0546 e. The lowest BCUT2D eigenvalue weighted by Gasteiger charge is -2.28. The van der Waals surface area contributed by atoms with Crippen LogP contribution in [0.3, 0.4) is 0 Å². The maximum atomic E-state index is 2.36. The largest absolute Gasteiger partial charge is 0.310 e. The van der Waals surface area contributed by atoms with Gasteiger partial charge in [0.15, 0.2) is 0 Å². The van der Waals surface area contributed by atoms with E-state index in [1.54, 1.807) is 0 Å². The third-order valence-corrected chi connectivity index (χ3v) is 6.21. The number of rotatable bonds is 4. The van der Waals surface area contributed by atoms with Crippen molar-refractivity contribution >= 4 is 38.6 Å². The lowest BCUT2D eigenvalue weighted by molar-refractivity contribution is 1.29. The zero-order chi connectivity index (χ0) is 22.0. The second-order valence-electron chi connectivity index (χ2n) is 8.25. The van der Waals surface area contributed by atoms with Gasteiger partial charge in [-0.1, -0.05) is 103 Å². The average molecular weight is 422 g/mol. The van der Waals surface area contributed by atoms with Crippen LogP contribution >= 0.6 is 0 Å². The summed E-state index contributed by atoms with van der Waals surface area (Å²) in [7, 11) is 0. The molecule has 6 aromatic carbocycles. The highest BCUT2D eigenvalue weighted by Crippen LogP contribution is 2.44. The number of benzene rings is 6. The van der Waals surface area contributed by atoms with Crippen LogP contribution in [0, 0.1) is 0 Å². The van der Waals surface area contributed by atoms with Crippen molar-refractivity contribution in [3.8, 4) is 11.1 Å². The smallest absolute Gasteiger partial charge is 0.0546 e. The Kier molecular flexibility index (Phi) is 4.86. The SMILES string of the molecule is c1ccc(N(c2ccccc2)c2cc3ccccc3cc2-c2cccc3ccccc23)cc1. The summed E-state index contributed by atoms with van der Waals surface area (Å²) in [5.41, 5.74) is 5.91. The standard InChI is InChI=1S/C32H23N/c1-3-16-27(17-4-1)33(28-18-5-2-6-19-28)32-23-26-14-8-7-13-25(26)22-31(32)30-21-11-15-24-12-9-10-20-29(24)30/h1-23H. The van der Waals surface area contributed by atoms with E-state index in [9.17, 15) is 0 Å². The normalized spacial score (nSPS) is 11.0. The molecule has 1 nitrogen and oxygen atoms in total. The summed E-state index contributed by atoms with van der Waals surface area (Å²) in [6.07, 6.45) is 0. The molecule has 0 amide bonds. The Morgan fingerprint density at radius 1 is 0.364 bits per heavy atom. The molecule has 33 heavy (non-hydrogen) atoms. The van der Waals surface area contributed by atoms with Gasteiger partial charge in [-0.25, -0.2) is 0 Å². The molecule has 0 saturated carbocycles. The van der Waals surface area contributed by atoms with E-state index in [-0.39, 0.29) is 0 Å². The topological polar surface area (TPSA) is 3.24 Å². The Bertz CT molecular complexity index is 1510. The van der Waals surface area contributed by atoms with E-state index in [4.69, 9.17) is 0 Å². The Balaban J connectivity index is 1.71. The average Bonchev–Trinajstić information content (AvgIpc) is 2.89. The monoisotopic (exact) mass is 421 g/mol. The number of para-hydroxylation sites is 2. The van der Waals surface area contributed by atoms with Crippen LogP contribution in [0.1, 0.15) is 0 Å². The van der Waals surface area contributed by atoms with Gasteiger partial charge in [0.1, 0.15) is 0 Å². The van der Waals surface area contributed by atoms with E-state index in [0.29, 0.717) is 0 Å². The first kappa shape index (κ1) is 19.3. The third-order valence-electron chi connectivity index (χ3n) is 6.21. The molecule has 0 aromatic heterocycles. The Hall–Kier alpha value is -4.36. The molecule has 0 atom stereocenters. The van der Waals surface area contributed by atoms with Gasteiger partial charge in [0.2, 0.25) is 0 Å². The molecule has 6 rings (SSSR count). The van der Waals surface area contributed by atoms with Crippen molar-refractivity contribution in [1.29, 1.82) is 0 Å². The Labute approximate surface area is 194 Å². The first-order valence-corrected chi connectivity index (χ1v) is 11.3. The fourth-order valence-electron chi connectivity index (χ4n) is 4.67. The van der Waals surface area contributed by atoms with E-state index in [2.05, 4.69) is 144 Å². The van der Waals surface area contributed by atoms with Crippen LogP contribution in [0.15, 0.2) is 140 Å². The number of anilines is 3. The first-order valence-electron chi connectivity index (χ1n) is 11.3. The zero-order valence-corrected chi connectivity index (χ0v) is 18.2. The van der Waals surface area contributed by atoms with Gasteiger partial charge in [-0.3, -0.25) is 0 Å². The van der Waals surface area contributed by atoms with E-state index < -0.39 is 0 Å². The molecule has 0 aliphatic rings. The molecule has 1 heteroatoms. The van der Waals surface area contributed by atoms with Gasteiger partial charge < -0.3 is 4.90 Å². The summed E-state index contributed by atoms with van der Waals surface area (Å²) in [5.74, 6) is 0. The van der Waals surface area contributed by atoms with Crippen molar-refractivity contribution in [2.75, 3.05) is 4.90 Å². The van der Waals surface area contributed by atoms with Crippen molar-refractivity contribution in [2.24, 2.45) is 0 Å². The van der Waals surface area contributed by atoms with Gasteiger partial charge in [-0.2, -0.15) is 0 Å². The minimum atomic E-state index is 1.14. The third kappa shape index (κ3) is 3.54.